The van der Waals surface area contributed by atoms with Crippen LogP contribution < -0.4 is 8.92 Å². The molecule has 0 radical (unpaired) electrons. The molecule has 5 nitrogen and oxygen atoms in total. The molecule has 6 heteroatoms. The van der Waals surface area contributed by atoms with Crippen molar-refractivity contribution in [3.63, 3.8) is 0 Å². The van der Waals surface area contributed by atoms with Crippen molar-refractivity contribution >= 4 is 27.2 Å². The van der Waals surface area contributed by atoms with Gasteiger partial charge in [-0.05, 0) is 36.1 Å². The fraction of sp³-hybridized carbons (Fsp3) is 0.150. The van der Waals surface area contributed by atoms with Gasteiger partial charge in [-0.3, -0.25) is 0 Å². The fourth-order valence-electron chi connectivity index (χ4n) is 2.66. The van der Waals surface area contributed by atoms with Gasteiger partial charge in [-0.2, -0.15) is 8.42 Å². The Labute approximate surface area is 152 Å². The second kappa shape index (κ2) is 7.58. The van der Waals surface area contributed by atoms with Gasteiger partial charge in [-0.25, -0.2) is 0 Å². The third-order valence-electron chi connectivity index (χ3n) is 3.75. The largest absolute Gasteiger partial charge is 0.493 e. The first kappa shape index (κ1) is 17.9. The molecule has 26 heavy (non-hydrogen) atoms. The van der Waals surface area contributed by atoms with Gasteiger partial charge < -0.3 is 13.7 Å². The summed E-state index contributed by atoms with van der Waals surface area (Å²) in [4.78, 5) is 10.5. The van der Waals surface area contributed by atoms with E-state index in [-0.39, 0.29) is 23.7 Å². The van der Waals surface area contributed by atoms with Gasteiger partial charge in [0, 0.05) is 17.9 Å². The van der Waals surface area contributed by atoms with Gasteiger partial charge in [-0.1, -0.05) is 36.4 Å². The Morgan fingerprint density at radius 2 is 1.69 bits per heavy atom. The molecule has 0 heterocycles. The molecule has 0 N–H and O–H groups in total. The van der Waals surface area contributed by atoms with Gasteiger partial charge in [0.05, 0.1) is 6.61 Å². The van der Waals surface area contributed by atoms with Crippen molar-refractivity contribution in [1.29, 1.82) is 0 Å². The maximum atomic E-state index is 12.8. The molecule has 0 bridgehead atoms. The lowest BCUT2D eigenvalue weighted by molar-refractivity contribution is -0.108. The number of ether oxygens (including phenoxy) is 1. The minimum Gasteiger partial charge on any atom is -0.493 e. The molecule has 0 aromatic heterocycles. The van der Waals surface area contributed by atoms with Crippen LogP contribution in [0.1, 0.15) is 12.0 Å². The maximum absolute atomic E-state index is 12.8. The fourth-order valence-corrected chi connectivity index (χ4v) is 3.80. The highest BCUT2D eigenvalue weighted by molar-refractivity contribution is 7.87. The molecule has 0 saturated carbocycles. The highest BCUT2D eigenvalue weighted by atomic mass is 32.2. The number of hydrogen-bond acceptors (Lipinski definition) is 5. The van der Waals surface area contributed by atoms with Gasteiger partial charge in [0.2, 0.25) is 0 Å². The summed E-state index contributed by atoms with van der Waals surface area (Å²) < 4.78 is 36.4. The standard InChI is InChI=1S/C20H18O5S/c1-15-12-17(24-11-5-10-21)14-18(13-15)25-26(22,23)20-9-4-7-16-6-2-3-8-19(16)20/h2-4,6-10,12-14H,5,11H2,1H3. The first-order valence-corrected chi connectivity index (χ1v) is 9.51. The molecule has 0 atom stereocenters. The molecule has 0 saturated heterocycles. The number of aldehydes is 1. The number of aryl methyl sites for hydroxylation is 1. The minimum atomic E-state index is -4.01. The van der Waals surface area contributed by atoms with E-state index in [9.17, 15) is 13.2 Å². The van der Waals surface area contributed by atoms with Crippen LogP contribution in [-0.2, 0) is 14.9 Å². The molecule has 3 aromatic rings. The lowest BCUT2D eigenvalue weighted by Crippen LogP contribution is -2.10. The molecule has 0 aliphatic heterocycles. The van der Waals surface area contributed by atoms with Crippen molar-refractivity contribution in [3.05, 3.63) is 66.2 Å². The third kappa shape index (κ3) is 4.03. The summed E-state index contributed by atoms with van der Waals surface area (Å²) >= 11 is 0. The average molecular weight is 370 g/mol. The van der Waals surface area contributed by atoms with Crippen molar-refractivity contribution in [3.8, 4) is 11.5 Å². The van der Waals surface area contributed by atoms with E-state index in [1.165, 1.54) is 12.1 Å². The summed E-state index contributed by atoms with van der Waals surface area (Å²) in [6, 6.07) is 17.2. The summed E-state index contributed by atoms with van der Waals surface area (Å²) in [6.45, 7) is 2.03. The third-order valence-corrected chi connectivity index (χ3v) is 5.06. The van der Waals surface area contributed by atoms with Crippen molar-refractivity contribution < 1.29 is 22.1 Å². The monoisotopic (exact) mass is 370 g/mol. The molecular formula is C20H18O5S. The molecule has 0 aliphatic rings. The zero-order valence-corrected chi connectivity index (χ0v) is 15.0. The van der Waals surface area contributed by atoms with Crippen molar-refractivity contribution in [2.45, 2.75) is 18.2 Å². The van der Waals surface area contributed by atoms with Crippen LogP contribution in [0.25, 0.3) is 10.8 Å². The van der Waals surface area contributed by atoms with Crippen LogP contribution in [0, 0.1) is 6.92 Å². The molecule has 3 rings (SSSR count). The van der Waals surface area contributed by atoms with Gasteiger partial charge in [0.25, 0.3) is 0 Å². The SMILES string of the molecule is Cc1cc(OCCC=O)cc(OS(=O)(=O)c2cccc3ccccc23)c1. The Morgan fingerprint density at radius 3 is 2.50 bits per heavy atom. The van der Waals surface area contributed by atoms with Crippen LogP contribution in [0.5, 0.6) is 11.5 Å². The van der Waals surface area contributed by atoms with Crippen LogP contribution in [0.4, 0.5) is 0 Å². The Bertz CT molecular complexity index is 1040. The predicted molar refractivity (Wildman–Crippen MR) is 99.1 cm³/mol. The number of carbonyl (C=O) groups excluding carboxylic acids is 1. The van der Waals surface area contributed by atoms with E-state index in [0.717, 1.165) is 17.2 Å². The summed E-state index contributed by atoms with van der Waals surface area (Å²) in [5.74, 6) is 0.619. The molecule has 3 aromatic carbocycles. The van der Waals surface area contributed by atoms with Crippen LogP contribution in [-0.4, -0.2) is 21.3 Å². The van der Waals surface area contributed by atoms with E-state index in [1.54, 1.807) is 30.3 Å². The van der Waals surface area contributed by atoms with Gasteiger partial charge in [0.15, 0.2) is 0 Å². The second-order valence-electron chi connectivity index (χ2n) is 5.80. The van der Waals surface area contributed by atoms with Crippen LogP contribution >= 0.6 is 0 Å². The molecule has 0 fully saturated rings. The number of hydrogen-bond donors (Lipinski definition) is 0. The quantitative estimate of drug-likeness (QED) is 0.359. The zero-order chi connectivity index (χ0) is 18.6. The Balaban J connectivity index is 1.93. The van der Waals surface area contributed by atoms with Crippen LogP contribution in [0.3, 0.4) is 0 Å². The average Bonchev–Trinajstić information content (AvgIpc) is 2.60. The van der Waals surface area contributed by atoms with Crippen molar-refractivity contribution in [2.24, 2.45) is 0 Å². The van der Waals surface area contributed by atoms with E-state index in [2.05, 4.69) is 0 Å². The van der Waals surface area contributed by atoms with Crippen molar-refractivity contribution in [2.75, 3.05) is 6.61 Å². The number of carbonyl (C=O) groups is 1. The topological polar surface area (TPSA) is 69.7 Å². The molecular weight excluding hydrogens is 352 g/mol. The summed E-state index contributed by atoms with van der Waals surface area (Å²) in [5.41, 5.74) is 0.789. The summed E-state index contributed by atoms with van der Waals surface area (Å²) in [7, 11) is -4.01. The van der Waals surface area contributed by atoms with Crippen LogP contribution in [0.2, 0.25) is 0 Å². The Hall–Kier alpha value is -2.86. The van der Waals surface area contributed by atoms with E-state index in [1.807, 2.05) is 25.1 Å². The lowest BCUT2D eigenvalue weighted by atomic mass is 10.1. The number of rotatable bonds is 7. The van der Waals surface area contributed by atoms with Gasteiger partial charge in [-0.15, -0.1) is 0 Å². The molecule has 0 amide bonds. The second-order valence-corrected chi connectivity index (χ2v) is 7.32. The smallest absolute Gasteiger partial charge is 0.339 e. The maximum Gasteiger partial charge on any atom is 0.339 e. The molecule has 0 unspecified atom stereocenters. The molecule has 134 valence electrons. The Kier molecular flexibility index (Phi) is 5.23. The lowest BCUT2D eigenvalue weighted by Gasteiger charge is -2.12. The Morgan fingerprint density at radius 1 is 0.962 bits per heavy atom. The normalized spacial score (nSPS) is 11.3. The van der Waals surface area contributed by atoms with Gasteiger partial charge in [0.1, 0.15) is 22.7 Å². The highest BCUT2D eigenvalue weighted by Gasteiger charge is 2.20. The highest BCUT2D eigenvalue weighted by Crippen LogP contribution is 2.28. The number of benzene rings is 3. The minimum absolute atomic E-state index is 0.112. The first-order valence-electron chi connectivity index (χ1n) is 8.10. The molecule has 0 aliphatic carbocycles. The van der Waals surface area contributed by atoms with E-state index >= 15 is 0 Å². The number of fused-ring (bicyclic) bond motifs is 1. The zero-order valence-electron chi connectivity index (χ0n) is 14.2. The van der Waals surface area contributed by atoms with E-state index < -0.39 is 10.1 Å². The van der Waals surface area contributed by atoms with E-state index in [4.69, 9.17) is 8.92 Å². The molecule has 0 spiro atoms. The summed E-state index contributed by atoms with van der Waals surface area (Å²) in [5, 5.41) is 1.42. The predicted octanol–water partition coefficient (Wildman–Crippen LogP) is 3.88. The van der Waals surface area contributed by atoms with Crippen LogP contribution in [0.15, 0.2) is 65.6 Å². The van der Waals surface area contributed by atoms with E-state index in [0.29, 0.717) is 11.1 Å². The first-order chi connectivity index (χ1) is 12.5. The summed E-state index contributed by atoms with van der Waals surface area (Å²) in [6.07, 6.45) is 1.02. The van der Waals surface area contributed by atoms with Gasteiger partial charge >= 0.3 is 10.1 Å². The van der Waals surface area contributed by atoms with Crippen molar-refractivity contribution in [1.82, 2.24) is 0 Å².